The smallest absolute Gasteiger partial charge is 0.256 e. The maximum absolute atomic E-state index is 13.8. The molecule has 1 saturated carbocycles. The monoisotopic (exact) mass is 552 g/mol. The molecule has 0 spiro atoms. The second-order valence-electron chi connectivity index (χ2n) is 11.5. The summed E-state index contributed by atoms with van der Waals surface area (Å²) in [6.07, 6.45) is 5.33. The summed E-state index contributed by atoms with van der Waals surface area (Å²) < 4.78 is 13.8. The number of rotatable bonds is 6. The Hall–Kier alpha value is -4.17. The number of pyridine rings is 1. The van der Waals surface area contributed by atoms with E-state index < -0.39 is 12.0 Å². The van der Waals surface area contributed by atoms with Gasteiger partial charge in [-0.15, -0.1) is 0 Å². The highest BCUT2D eigenvalue weighted by Crippen LogP contribution is 2.52. The van der Waals surface area contributed by atoms with Crippen LogP contribution in [0.2, 0.25) is 0 Å². The van der Waals surface area contributed by atoms with Crippen LogP contribution < -0.4 is 5.56 Å². The van der Waals surface area contributed by atoms with Gasteiger partial charge < -0.3 is 15.0 Å². The molecule has 1 aliphatic heterocycles. The molecule has 1 aliphatic carbocycles. The summed E-state index contributed by atoms with van der Waals surface area (Å²) in [6, 6.07) is 15.3. The van der Waals surface area contributed by atoms with Crippen molar-refractivity contribution in [3.8, 4) is 11.1 Å². The molecule has 0 radical (unpaired) electrons. The van der Waals surface area contributed by atoms with Crippen LogP contribution in [-0.2, 0) is 23.2 Å². The van der Waals surface area contributed by atoms with Crippen LogP contribution in [0.5, 0.6) is 0 Å². The van der Waals surface area contributed by atoms with Crippen LogP contribution in [0.3, 0.4) is 0 Å². The molecule has 8 heteroatoms. The molecule has 41 heavy (non-hydrogen) atoms. The Morgan fingerprint density at radius 3 is 2.54 bits per heavy atom. The van der Waals surface area contributed by atoms with E-state index in [1.54, 1.807) is 30.3 Å². The number of H-pyrrole nitrogens is 1. The Balaban J connectivity index is 1.25. The highest BCUT2D eigenvalue weighted by molar-refractivity contribution is 5.83. The summed E-state index contributed by atoms with van der Waals surface area (Å²) in [6.45, 7) is 4.74. The lowest BCUT2D eigenvalue weighted by atomic mass is 9.93. The van der Waals surface area contributed by atoms with E-state index in [9.17, 15) is 19.1 Å². The summed E-state index contributed by atoms with van der Waals surface area (Å²) in [5.41, 5.74) is 4.58. The Morgan fingerprint density at radius 2 is 1.80 bits per heavy atom. The Labute approximate surface area is 238 Å². The third kappa shape index (κ3) is 5.20. The molecule has 0 saturated heterocycles. The predicted octanol–water partition coefficient (Wildman–Crippen LogP) is 5.18. The van der Waals surface area contributed by atoms with Crippen LogP contribution in [0.25, 0.3) is 11.1 Å². The fourth-order valence-corrected chi connectivity index (χ4v) is 5.73. The first kappa shape index (κ1) is 27.0. The van der Waals surface area contributed by atoms with Crippen molar-refractivity contribution in [3.05, 3.63) is 117 Å². The average Bonchev–Trinajstić information content (AvgIpc) is 3.81. The van der Waals surface area contributed by atoms with Crippen molar-refractivity contribution in [2.75, 3.05) is 6.54 Å². The predicted molar refractivity (Wildman–Crippen MR) is 154 cm³/mol. The molecule has 0 bridgehead atoms. The number of carbonyl (C=O) groups excluding carboxylic acids is 1. The van der Waals surface area contributed by atoms with Crippen molar-refractivity contribution >= 4 is 5.91 Å². The van der Waals surface area contributed by atoms with Crippen molar-refractivity contribution in [1.82, 2.24) is 19.9 Å². The minimum Gasteiger partial charge on any atom is -0.378 e. The topological polar surface area (TPSA) is 99.2 Å². The number of aromatic amines is 1. The Bertz CT molecular complexity index is 1680. The molecule has 2 aromatic carbocycles. The van der Waals surface area contributed by atoms with Crippen molar-refractivity contribution in [2.24, 2.45) is 0 Å². The minimum atomic E-state index is -1.41. The highest BCUT2D eigenvalue weighted by Gasteiger charge is 2.49. The lowest BCUT2D eigenvalue weighted by Crippen LogP contribution is -2.36. The number of fused-ring (bicyclic) bond motifs is 1. The van der Waals surface area contributed by atoms with Gasteiger partial charge in [0.05, 0.1) is 23.2 Å². The number of carbonyl (C=O) groups is 1. The van der Waals surface area contributed by atoms with E-state index in [2.05, 4.69) is 29.9 Å². The number of aliphatic hydroxyl groups excluding tert-OH is 1. The van der Waals surface area contributed by atoms with Gasteiger partial charge in [0.15, 0.2) is 6.10 Å². The Kier molecular flexibility index (Phi) is 7.03. The maximum atomic E-state index is 13.8. The molecule has 4 aromatic rings. The lowest BCUT2D eigenvalue weighted by molar-refractivity contribution is -0.141. The van der Waals surface area contributed by atoms with Crippen LogP contribution in [0.1, 0.15) is 78.9 Å². The second-order valence-corrected chi connectivity index (χ2v) is 11.5. The number of aryl methyl sites for hydroxylation is 1. The molecule has 1 unspecified atom stereocenters. The van der Waals surface area contributed by atoms with Gasteiger partial charge in [0.1, 0.15) is 11.6 Å². The largest absolute Gasteiger partial charge is 0.378 e. The normalized spacial score (nSPS) is 16.7. The molecule has 2 aromatic heterocycles. The third-order valence-electron chi connectivity index (χ3n) is 8.38. The quantitative estimate of drug-likeness (QED) is 0.343. The van der Waals surface area contributed by atoms with Crippen LogP contribution >= 0.6 is 0 Å². The number of benzene rings is 2. The molecular weight excluding hydrogens is 519 g/mol. The zero-order chi connectivity index (χ0) is 28.7. The van der Waals surface area contributed by atoms with E-state index >= 15 is 0 Å². The molecule has 1 fully saturated rings. The average molecular weight is 553 g/mol. The van der Waals surface area contributed by atoms with E-state index in [1.165, 1.54) is 17.0 Å². The first-order valence-corrected chi connectivity index (χ1v) is 14.2. The molecule has 1 amide bonds. The van der Waals surface area contributed by atoms with Crippen LogP contribution in [0.4, 0.5) is 4.39 Å². The third-order valence-corrected chi connectivity index (χ3v) is 8.38. The fraction of sp³-hybridized carbons (Fsp3) is 0.333. The van der Waals surface area contributed by atoms with Gasteiger partial charge in [0.25, 0.3) is 11.5 Å². The number of halogens is 1. The first-order valence-electron chi connectivity index (χ1n) is 14.2. The number of aliphatic hydroxyl groups is 1. The molecular formula is C33H33FN4O3. The first-order chi connectivity index (χ1) is 19.7. The van der Waals surface area contributed by atoms with E-state index in [0.29, 0.717) is 59.1 Å². The summed E-state index contributed by atoms with van der Waals surface area (Å²) in [4.78, 5) is 40.9. The van der Waals surface area contributed by atoms with Crippen LogP contribution in [-0.4, -0.2) is 37.4 Å². The molecule has 7 nitrogen and oxygen atoms in total. The number of hydrogen-bond donors (Lipinski definition) is 2. The number of nitrogens with one attached hydrogen (secondary N) is 1. The fourth-order valence-electron chi connectivity index (χ4n) is 5.73. The molecule has 1 atom stereocenters. The van der Waals surface area contributed by atoms with Gasteiger partial charge in [-0.25, -0.2) is 9.37 Å². The van der Waals surface area contributed by atoms with Gasteiger partial charge in [-0.05, 0) is 77.6 Å². The van der Waals surface area contributed by atoms with Crippen molar-refractivity contribution in [3.63, 3.8) is 0 Å². The van der Waals surface area contributed by atoms with Gasteiger partial charge in [0, 0.05) is 18.9 Å². The zero-order valence-electron chi connectivity index (χ0n) is 23.2. The van der Waals surface area contributed by atoms with E-state index in [-0.39, 0.29) is 23.3 Å². The van der Waals surface area contributed by atoms with Crippen molar-refractivity contribution in [1.29, 1.82) is 0 Å². The number of aromatic nitrogens is 3. The van der Waals surface area contributed by atoms with Crippen molar-refractivity contribution in [2.45, 2.75) is 63.5 Å². The van der Waals surface area contributed by atoms with Gasteiger partial charge in [-0.1, -0.05) is 50.2 Å². The number of hydrogen-bond acceptors (Lipinski definition) is 5. The van der Waals surface area contributed by atoms with Crippen LogP contribution in [0.15, 0.2) is 71.8 Å². The van der Waals surface area contributed by atoms with E-state index in [0.717, 1.165) is 24.0 Å². The Morgan fingerprint density at radius 1 is 1.05 bits per heavy atom. The van der Waals surface area contributed by atoms with Gasteiger partial charge in [-0.2, -0.15) is 0 Å². The summed E-state index contributed by atoms with van der Waals surface area (Å²) >= 11 is 0. The maximum Gasteiger partial charge on any atom is 0.256 e. The summed E-state index contributed by atoms with van der Waals surface area (Å²) in [5, 5.41) is 11.1. The van der Waals surface area contributed by atoms with E-state index in [1.807, 2.05) is 18.5 Å². The molecule has 2 aliphatic rings. The summed E-state index contributed by atoms with van der Waals surface area (Å²) in [5.74, 6) is 0.175. The van der Waals surface area contributed by atoms with Gasteiger partial charge in [0.2, 0.25) is 0 Å². The van der Waals surface area contributed by atoms with Crippen molar-refractivity contribution < 1.29 is 14.3 Å². The summed E-state index contributed by atoms with van der Waals surface area (Å²) in [7, 11) is 0. The van der Waals surface area contributed by atoms with Gasteiger partial charge >= 0.3 is 0 Å². The SMILES string of the molecule is CC(C)c1cncc(C2(c3nc4c(c(=O)[nH]3)CN(C(=O)C(O)c3cccc(-c5cccc(F)c5)c3)CCC4)CC2)c1. The van der Waals surface area contributed by atoms with Crippen LogP contribution in [0, 0.1) is 5.82 Å². The standard InChI is InChI=1S/C33H33FN4O3/c1-20(2)24-15-25(18-35-17-24)33(11-12-33)32-36-28-10-5-13-38(19-27(28)30(40)37-32)31(41)29(39)23-8-3-6-21(14-23)22-7-4-9-26(34)16-22/h3-4,6-9,14-18,20,29,39H,5,10-13,19H2,1-2H3,(H,36,37,40). The number of nitrogens with zero attached hydrogens (tertiary/aromatic N) is 3. The van der Waals surface area contributed by atoms with E-state index in [4.69, 9.17) is 4.98 Å². The molecule has 3 heterocycles. The lowest BCUT2D eigenvalue weighted by Gasteiger charge is -2.24. The van der Waals surface area contributed by atoms with Gasteiger partial charge in [-0.3, -0.25) is 14.6 Å². The highest BCUT2D eigenvalue weighted by atomic mass is 19.1. The second kappa shape index (κ2) is 10.7. The zero-order valence-corrected chi connectivity index (χ0v) is 23.2. The molecule has 210 valence electrons. The minimum absolute atomic E-state index is 0.0782. The molecule has 6 rings (SSSR count). The number of amides is 1. The molecule has 2 N–H and O–H groups in total.